The minimum atomic E-state index is -0.456. The largest absolute Gasteiger partial charge is 0.463 e. The molecule has 0 unspecified atom stereocenters. The van der Waals surface area contributed by atoms with Gasteiger partial charge in [-0.15, -0.1) is 0 Å². The van der Waals surface area contributed by atoms with Crippen molar-refractivity contribution >= 4 is 22.7 Å². The number of amides is 2. The van der Waals surface area contributed by atoms with Gasteiger partial charge in [0.05, 0.1) is 23.5 Å². The van der Waals surface area contributed by atoms with Gasteiger partial charge in [-0.1, -0.05) is 48.5 Å². The van der Waals surface area contributed by atoms with Crippen molar-refractivity contribution in [2.45, 2.75) is 12.8 Å². The van der Waals surface area contributed by atoms with Crippen LogP contribution in [0.5, 0.6) is 0 Å². The molecule has 0 aliphatic carbocycles. The molecule has 34 heavy (non-hydrogen) atoms. The van der Waals surface area contributed by atoms with E-state index >= 15 is 0 Å². The molecule has 3 heterocycles. The lowest BCUT2D eigenvalue weighted by Crippen LogP contribution is -2.41. The maximum absolute atomic E-state index is 12.9. The number of hydrogen-bond acceptors (Lipinski definition) is 6. The Morgan fingerprint density at radius 2 is 1.71 bits per heavy atom. The molecule has 168 valence electrons. The van der Waals surface area contributed by atoms with Crippen LogP contribution in [0.2, 0.25) is 0 Å². The fourth-order valence-electron chi connectivity index (χ4n) is 3.55. The summed E-state index contributed by atoms with van der Waals surface area (Å²) < 4.78 is 11.1. The average Bonchev–Trinajstić information content (AvgIpc) is 3.59. The van der Waals surface area contributed by atoms with E-state index in [1.165, 1.54) is 0 Å². The summed E-state index contributed by atoms with van der Waals surface area (Å²) in [6, 6.07) is 22.0. The minimum absolute atomic E-state index is 0.101. The number of rotatable bonds is 6. The highest BCUT2D eigenvalue weighted by molar-refractivity contribution is 6.07. The SMILES string of the molecule is O=C(CCc1ncc(-c2ccccc2)o1)NNC(=O)c1cc(-c2ccco2)nc2ccccc12. The molecule has 3 aromatic heterocycles. The molecule has 0 radical (unpaired) electrons. The van der Waals surface area contributed by atoms with Gasteiger partial charge in [-0.25, -0.2) is 9.97 Å². The van der Waals surface area contributed by atoms with Gasteiger partial charge in [0.2, 0.25) is 5.91 Å². The van der Waals surface area contributed by atoms with Crippen LogP contribution in [0.25, 0.3) is 33.7 Å². The Morgan fingerprint density at radius 1 is 0.882 bits per heavy atom. The zero-order valence-corrected chi connectivity index (χ0v) is 18.0. The minimum Gasteiger partial charge on any atom is -0.463 e. The molecule has 0 saturated heterocycles. The van der Waals surface area contributed by atoms with Crippen LogP contribution in [0.1, 0.15) is 22.7 Å². The third-order valence-corrected chi connectivity index (χ3v) is 5.23. The van der Waals surface area contributed by atoms with Crippen molar-refractivity contribution in [2.75, 3.05) is 0 Å². The fourth-order valence-corrected chi connectivity index (χ4v) is 3.55. The van der Waals surface area contributed by atoms with Crippen LogP contribution < -0.4 is 10.9 Å². The number of fused-ring (bicyclic) bond motifs is 1. The van der Waals surface area contributed by atoms with Crippen molar-refractivity contribution in [3.05, 3.63) is 96.7 Å². The molecule has 2 aromatic carbocycles. The van der Waals surface area contributed by atoms with Crippen molar-refractivity contribution in [1.29, 1.82) is 0 Å². The molecule has 2 amide bonds. The lowest BCUT2D eigenvalue weighted by atomic mass is 10.1. The predicted octanol–water partition coefficient (Wildman–Crippen LogP) is 4.54. The third-order valence-electron chi connectivity index (χ3n) is 5.23. The molecule has 0 aliphatic rings. The molecule has 0 atom stereocenters. The van der Waals surface area contributed by atoms with Crippen molar-refractivity contribution in [3.63, 3.8) is 0 Å². The highest BCUT2D eigenvalue weighted by Crippen LogP contribution is 2.25. The topological polar surface area (TPSA) is 110 Å². The molecule has 0 spiro atoms. The maximum Gasteiger partial charge on any atom is 0.270 e. The number of para-hydroxylation sites is 1. The highest BCUT2D eigenvalue weighted by Gasteiger charge is 2.16. The van der Waals surface area contributed by atoms with Crippen molar-refractivity contribution in [3.8, 4) is 22.8 Å². The van der Waals surface area contributed by atoms with E-state index < -0.39 is 5.91 Å². The van der Waals surface area contributed by atoms with Gasteiger partial charge in [-0.2, -0.15) is 0 Å². The zero-order valence-electron chi connectivity index (χ0n) is 18.0. The second-order valence-electron chi connectivity index (χ2n) is 7.54. The Bertz CT molecular complexity index is 1440. The summed E-state index contributed by atoms with van der Waals surface area (Å²) in [7, 11) is 0. The van der Waals surface area contributed by atoms with Crippen molar-refractivity contribution in [2.24, 2.45) is 0 Å². The van der Waals surface area contributed by atoms with Crippen LogP contribution in [-0.4, -0.2) is 21.8 Å². The van der Waals surface area contributed by atoms with Crippen LogP contribution in [-0.2, 0) is 11.2 Å². The van der Waals surface area contributed by atoms with Gasteiger partial charge < -0.3 is 8.83 Å². The predicted molar refractivity (Wildman–Crippen MR) is 125 cm³/mol. The van der Waals surface area contributed by atoms with Gasteiger partial charge in [0, 0.05) is 23.8 Å². The van der Waals surface area contributed by atoms with E-state index in [0.29, 0.717) is 46.0 Å². The second-order valence-corrected chi connectivity index (χ2v) is 7.54. The van der Waals surface area contributed by atoms with E-state index in [2.05, 4.69) is 20.8 Å². The Balaban J connectivity index is 1.23. The standard InChI is InChI=1S/C26H20N4O4/c31-24(12-13-25-27-16-23(34-25)17-7-2-1-3-8-17)29-30-26(32)19-15-21(22-11-6-14-33-22)28-20-10-5-4-9-18(19)20/h1-11,14-16H,12-13H2,(H,29,31)(H,30,32). The molecule has 0 saturated carbocycles. The van der Waals surface area contributed by atoms with E-state index in [0.717, 1.165) is 5.56 Å². The number of pyridine rings is 1. The van der Waals surface area contributed by atoms with Crippen molar-refractivity contribution < 1.29 is 18.4 Å². The number of nitrogens with one attached hydrogen (secondary N) is 2. The number of hydrogen-bond donors (Lipinski definition) is 2. The van der Waals surface area contributed by atoms with E-state index in [1.54, 1.807) is 36.7 Å². The van der Waals surface area contributed by atoms with Gasteiger partial charge in [-0.3, -0.25) is 20.4 Å². The Hall–Kier alpha value is -4.72. The summed E-state index contributed by atoms with van der Waals surface area (Å²) in [5.74, 6) is 0.814. The maximum atomic E-state index is 12.9. The van der Waals surface area contributed by atoms with Gasteiger partial charge in [0.1, 0.15) is 5.69 Å². The normalized spacial score (nSPS) is 10.8. The molecule has 0 aliphatic heterocycles. The summed E-state index contributed by atoms with van der Waals surface area (Å²) in [6.45, 7) is 0. The summed E-state index contributed by atoms with van der Waals surface area (Å²) in [5.41, 5.74) is 7.40. The number of aryl methyl sites for hydroxylation is 1. The summed E-state index contributed by atoms with van der Waals surface area (Å²) in [5, 5.41) is 0.665. The molecule has 2 N–H and O–H groups in total. The van der Waals surface area contributed by atoms with E-state index in [9.17, 15) is 9.59 Å². The van der Waals surface area contributed by atoms with Crippen LogP contribution in [0.3, 0.4) is 0 Å². The second kappa shape index (κ2) is 9.41. The Labute approximate surface area is 194 Å². The Kier molecular flexibility index (Phi) is 5.85. The van der Waals surface area contributed by atoms with E-state index in [-0.39, 0.29) is 12.3 Å². The first-order chi connectivity index (χ1) is 16.7. The number of hydrazine groups is 1. The lowest BCUT2D eigenvalue weighted by Gasteiger charge is -2.10. The van der Waals surface area contributed by atoms with Gasteiger partial charge in [0.25, 0.3) is 5.91 Å². The van der Waals surface area contributed by atoms with Gasteiger partial charge in [0.15, 0.2) is 17.4 Å². The number of carbonyl (C=O) groups is 2. The monoisotopic (exact) mass is 452 g/mol. The van der Waals surface area contributed by atoms with Crippen LogP contribution in [0.4, 0.5) is 0 Å². The fraction of sp³-hybridized carbons (Fsp3) is 0.0769. The molecule has 8 nitrogen and oxygen atoms in total. The molecule has 5 aromatic rings. The van der Waals surface area contributed by atoms with E-state index in [4.69, 9.17) is 8.83 Å². The molecule has 0 bridgehead atoms. The van der Waals surface area contributed by atoms with E-state index in [1.807, 2.05) is 48.5 Å². The first-order valence-electron chi connectivity index (χ1n) is 10.7. The van der Waals surface area contributed by atoms with Gasteiger partial charge >= 0.3 is 0 Å². The number of nitrogens with zero attached hydrogens (tertiary/aromatic N) is 2. The number of aromatic nitrogens is 2. The summed E-state index contributed by atoms with van der Waals surface area (Å²) in [6.07, 6.45) is 3.58. The number of furan rings is 1. The number of carbonyl (C=O) groups excluding carboxylic acids is 2. The van der Waals surface area contributed by atoms with Crippen LogP contribution in [0.15, 0.2) is 94.1 Å². The first kappa shape index (κ1) is 21.1. The molecular weight excluding hydrogens is 432 g/mol. The number of benzene rings is 2. The summed E-state index contributed by atoms with van der Waals surface area (Å²) >= 11 is 0. The third kappa shape index (κ3) is 4.56. The number of oxazole rings is 1. The zero-order chi connectivity index (χ0) is 23.3. The molecule has 0 fully saturated rings. The van der Waals surface area contributed by atoms with Crippen LogP contribution >= 0.6 is 0 Å². The lowest BCUT2D eigenvalue weighted by molar-refractivity contribution is -0.121. The smallest absolute Gasteiger partial charge is 0.270 e. The average molecular weight is 452 g/mol. The molecule has 5 rings (SSSR count). The Morgan fingerprint density at radius 3 is 2.53 bits per heavy atom. The summed E-state index contributed by atoms with van der Waals surface area (Å²) in [4.78, 5) is 34.0. The first-order valence-corrected chi connectivity index (χ1v) is 10.7. The molecule has 8 heteroatoms. The highest BCUT2D eigenvalue weighted by atomic mass is 16.4. The van der Waals surface area contributed by atoms with Crippen molar-refractivity contribution in [1.82, 2.24) is 20.8 Å². The quantitative estimate of drug-likeness (QED) is 0.366. The molecular formula is C26H20N4O4. The van der Waals surface area contributed by atoms with Gasteiger partial charge in [-0.05, 0) is 24.3 Å². The van der Waals surface area contributed by atoms with Crippen LogP contribution in [0, 0.1) is 0 Å².